The third-order valence-corrected chi connectivity index (χ3v) is 1.79. The topological polar surface area (TPSA) is 143 Å². The van der Waals surface area contributed by atoms with Gasteiger partial charge in [0.25, 0.3) is 0 Å². The van der Waals surface area contributed by atoms with E-state index in [1.54, 1.807) is 0 Å². The third-order valence-electron chi connectivity index (χ3n) is 1.79. The lowest BCUT2D eigenvalue weighted by atomic mass is 10.3. The monoisotopic (exact) mass is 263 g/mol. The van der Waals surface area contributed by atoms with Gasteiger partial charge in [0.2, 0.25) is 11.8 Å². The Bertz CT molecular complexity index is 285. The SMILES string of the molecule is C=NC(=O)CCC(O)ONOC(O)CCC(N)=O. The molecule has 0 aliphatic rings. The van der Waals surface area contributed by atoms with Crippen LogP contribution in [0, 0.1) is 0 Å². The van der Waals surface area contributed by atoms with Crippen molar-refractivity contribution in [1.29, 1.82) is 0 Å². The van der Waals surface area contributed by atoms with E-state index in [-0.39, 0.29) is 25.7 Å². The van der Waals surface area contributed by atoms with Crippen LogP contribution in [0.1, 0.15) is 25.7 Å². The summed E-state index contributed by atoms with van der Waals surface area (Å²) in [5, 5.41) is 18.3. The third kappa shape index (κ3) is 9.81. The molecule has 2 atom stereocenters. The average Bonchev–Trinajstić information content (AvgIpc) is 2.33. The predicted octanol–water partition coefficient (Wildman–Crippen LogP) is -1.65. The number of hydrogen-bond acceptors (Lipinski definition) is 7. The number of primary amides is 1. The van der Waals surface area contributed by atoms with Crippen LogP contribution in [0.4, 0.5) is 0 Å². The van der Waals surface area contributed by atoms with Crippen LogP contribution in [-0.4, -0.2) is 41.3 Å². The number of hydrogen-bond donors (Lipinski definition) is 4. The lowest BCUT2D eigenvalue weighted by Crippen LogP contribution is -2.29. The van der Waals surface area contributed by atoms with Gasteiger partial charge >= 0.3 is 0 Å². The van der Waals surface area contributed by atoms with Crippen molar-refractivity contribution in [2.24, 2.45) is 10.7 Å². The smallest absolute Gasteiger partial charge is 0.245 e. The van der Waals surface area contributed by atoms with Gasteiger partial charge < -0.3 is 15.9 Å². The van der Waals surface area contributed by atoms with Gasteiger partial charge in [-0.25, -0.2) is 14.7 Å². The second kappa shape index (κ2) is 9.62. The molecule has 9 nitrogen and oxygen atoms in total. The van der Waals surface area contributed by atoms with E-state index in [0.29, 0.717) is 0 Å². The van der Waals surface area contributed by atoms with Crippen molar-refractivity contribution in [3.63, 3.8) is 0 Å². The number of aliphatic hydroxyl groups excluding tert-OH is 2. The molecule has 0 fully saturated rings. The van der Waals surface area contributed by atoms with Gasteiger partial charge in [0, 0.05) is 25.7 Å². The van der Waals surface area contributed by atoms with Gasteiger partial charge in [-0.1, -0.05) is 5.64 Å². The van der Waals surface area contributed by atoms with E-state index in [1.807, 2.05) is 5.64 Å². The Kier molecular flexibility index (Phi) is 8.88. The van der Waals surface area contributed by atoms with Crippen molar-refractivity contribution in [2.45, 2.75) is 38.3 Å². The molecule has 0 aliphatic heterocycles. The van der Waals surface area contributed by atoms with Crippen molar-refractivity contribution >= 4 is 18.5 Å². The van der Waals surface area contributed by atoms with Crippen LogP contribution in [0.5, 0.6) is 0 Å². The summed E-state index contributed by atoms with van der Waals surface area (Å²) < 4.78 is 0. The number of nitrogens with two attached hydrogens (primary N) is 1. The van der Waals surface area contributed by atoms with E-state index >= 15 is 0 Å². The summed E-state index contributed by atoms with van der Waals surface area (Å²) in [6.45, 7) is 3.03. The largest absolute Gasteiger partial charge is 0.370 e. The first-order chi connectivity index (χ1) is 8.45. The van der Waals surface area contributed by atoms with Crippen molar-refractivity contribution in [3.05, 3.63) is 0 Å². The Hall–Kier alpha value is -1.39. The van der Waals surface area contributed by atoms with Gasteiger partial charge in [0.1, 0.15) is 0 Å². The molecule has 0 saturated heterocycles. The number of aliphatic imine (C=N–C) groups is 1. The maximum atomic E-state index is 10.7. The number of rotatable bonds is 10. The van der Waals surface area contributed by atoms with E-state index in [0.717, 1.165) is 0 Å². The van der Waals surface area contributed by atoms with E-state index in [2.05, 4.69) is 21.4 Å². The molecule has 0 aromatic heterocycles. The maximum absolute atomic E-state index is 10.7. The Morgan fingerprint density at radius 1 is 1.22 bits per heavy atom. The van der Waals surface area contributed by atoms with Crippen LogP contribution >= 0.6 is 0 Å². The van der Waals surface area contributed by atoms with E-state index < -0.39 is 24.4 Å². The standard InChI is InChI=1S/C9H17N3O6/c1-11-7(14)3-5-9(16)18-12-17-8(15)4-2-6(10)13/h8-9,12,15-16H,1-5H2,(H2,10,13). The molecule has 5 N–H and O–H groups in total. The molecule has 0 radical (unpaired) electrons. The van der Waals surface area contributed by atoms with Gasteiger partial charge in [-0.05, 0) is 6.72 Å². The highest BCUT2D eigenvalue weighted by Gasteiger charge is 2.10. The van der Waals surface area contributed by atoms with Gasteiger partial charge in [-0.2, -0.15) is 0 Å². The number of aliphatic hydroxyl groups is 2. The molecule has 0 spiro atoms. The van der Waals surface area contributed by atoms with E-state index in [4.69, 9.17) is 10.8 Å². The van der Waals surface area contributed by atoms with Crippen molar-refractivity contribution in [3.8, 4) is 0 Å². The Morgan fingerprint density at radius 2 is 1.72 bits per heavy atom. The van der Waals surface area contributed by atoms with Crippen molar-refractivity contribution in [2.75, 3.05) is 0 Å². The average molecular weight is 263 g/mol. The van der Waals surface area contributed by atoms with Gasteiger partial charge in [0.05, 0.1) is 0 Å². The second-order valence-corrected chi connectivity index (χ2v) is 3.32. The van der Waals surface area contributed by atoms with Crippen LogP contribution in [0.2, 0.25) is 0 Å². The summed E-state index contributed by atoms with van der Waals surface area (Å²) in [4.78, 5) is 33.2. The minimum absolute atomic E-state index is 0.00834. The predicted molar refractivity (Wildman–Crippen MR) is 59.5 cm³/mol. The zero-order valence-electron chi connectivity index (χ0n) is 9.74. The Morgan fingerprint density at radius 3 is 2.17 bits per heavy atom. The second-order valence-electron chi connectivity index (χ2n) is 3.32. The maximum Gasteiger partial charge on any atom is 0.245 e. The van der Waals surface area contributed by atoms with Gasteiger partial charge in [-0.3, -0.25) is 9.59 Å². The molecule has 0 aromatic carbocycles. The number of carbonyl (C=O) groups excluding carboxylic acids is 2. The fraction of sp³-hybridized carbons (Fsp3) is 0.667. The first-order valence-corrected chi connectivity index (χ1v) is 5.16. The molecule has 0 saturated carbocycles. The first-order valence-electron chi connectivity index (χ1n) is 5.16. The normalized spacial score (nSPS) is 13.9. The van der Waals surface area contributed by atoms with Gasteiger partial charge in [0.15, 0.2) is 12.6 Å². The molecular weight excluding hydrogens is 246 g/mol. The highest BCUT2D eigenvalue weighted by atomic mass is 17.0. The quantitative estimate of drug-likeness (QED) is 0.210. The summed E-state index contributed by atoms with van der Waals surface area (Å²) in [5.74, 6) is -1.05. The van der Waals surface area contributed by atoms with E-state index in [9.17, 15) is 14.7 Å². The minimum Gasteiger partial charge on any atom is -0.370 e. The number of nitrogens with one attached hydrogen (secondary N) is 1. The van der Waals surface area contributed by atoms with Gasteiger partial charge in [-0.15, -0.1) is 0 Å². The molecule has 9 heteroatoms. The summed E-state index contributed by atoms with van der Waals surface area (Å²) in [6.07, 6.45) is -2.71. The molecule has 104 valence electrons. The van der Waals surface area contributed by atoms with Crippen molar-refractivity contribution < 1.29 is 29.5 Å². The molecule has 0 heterocycles. The lowest BCUT2D eigenvalue weighted by molar-refractivity contribution is -0.300. The van der Waals surface area contributed by atoms with E-state index in [1.165, 1.54) is 0 Å². The summed E-state index contributed by atoms with van der Waals surface area (Å²) in [5.41, 5.74) is 6.70. The fourth-order valence-corrected chi connectivity index (χ4v) is 0.848. The molecule has 18 heavy (non-hydrogen) atoms. The van der Waals surface area contributed by atoms with Crippen LogP contribution in [-0.2, 0) is 19.3 Å². The fourth-order valence-electron chi connectivity index (χ4n) is 0.848. The number of carbonyl (C=O) groups is 2. The van der Waals surface area contributed by atoms with Crippen LogP contribution < -0.4 is 11.4 Å². The zero-order valence-corrected chi connectivity index (χ0v) is 9.74. The van der Waals surface area contributed by atoms with Crippen molar-refractivity contribution in [1.82, 2.24) is 5.64 Å². The zero-order chi connectivity index (χ0) is 14.0. The molecule has 0 rings (SSSR count). The molecule has 2 unspecified atom stereocenters. The lowest BCUT2D eigenvalue weighted by Gasteiger charge is -2.14. The molecule has 0 aromatic rings. The molecule has 2 amide bonds. The Labute approximate surface area is 103 Å². The highest BCUT2D eigenvalue weighted by molar-refractivity contribution is 5.80. The van der Waals surface area contributed by atoms with Crippen LogP contribution in [0.3, 0.4) is 0 Å². The number of nitrogens with zero attached hydrogens (tertiary/aromatic N) is 1. The highest BCUT2D eigenvalue weighted by Crippen LogP contribution is 2.00. The summed E-state index contributed by atoms with van der Waals surface area (Å²) >= 11 is 0. The number of amides is 2. The minimum atomic E-state index is -1.31. The molecular formula is C9H17N3O6. The van der Waals surface area contributed by atoms with Crippen LogP contribution in [0.15, 0.2) is 4.99 Å². The Balaban J connectivity index is 3.54. The summed E-state index contributed by atoms with van der Waals surface area (Å²) in [6, 6.07) is 0. The molecule has 0 bridgehead atoms. The molecule has 0 aliphatic carbocycles. The van der Waals surface area contributed by atoms with Crippen LogP contribution in [0.25, 0.3) is 0 Å². The first kappa shape index (κ1) is 16.6. The summed E-state index contributed by atoms with van der Waals surface area (Å²) in [7, 11) is 0.